The zero-order chi connectivity index (χ0) is 7.98. The van der Waals surface area contributed by atoms with Crippen LogP contribution >= 0.6 is 0 Å². The summed E-state index contributed by atoms with van der Waals surface area (Å²) in [6, 6.07) is 0. The topological polar surface area (TPSA) is 41.3 Å². The number of nitrogens with two attached hydrogens (primary N) is 1. The minimum absolute atomic E-state index is 0.111. The van der Waals surface area contributed by atoms with Gasteiger partial charge in [-0.2, -0.15) is 0 Å². The molecular weight excluding hydrogens is 126 g/mol. The Morgan fingerprint density at radius 2 is 1.80 bits per heavy atom. The van der Waals surface area contributed by atoms with E-state index in [1.54, 1.807) is 0 Å². The molecule has 0 radical (unpaired) electrons. The summed E-state index contributed by atoms with van der Waals surface area (Å²) in [6.45, 7) is 8.30. The monoisotopic (exact) mass is 145 g/mol. The molecule has 0 heterocycles. The van der Waals surface area contributed by atoms with Crippen molar-refractivity contribution in [2.75, 3.05) is 13.1 Å². The Labute approximate surface area is 63.5 Å². The Kier molecular flexibility index (Phi) is 5.58. The average Bonchev–Trinajstić information content (AvgIpc) is 1.99. The molecule has 0 aliphatic rings. The lowest BCUT2D eigenvalue weighted by atomic mass is 10.4. The smallest absolute Gasteiger partial charge is 0.0678 e. The van der Waals surface area contributed by atoms with Crippen LogP contribution in [0.25, 0.3) is 0 Å². The van der Waals surface area contributed by atoms with Crippen LogP contribution in [0, 0.1) is 0 Å². The number of nitrogens with one attached hydrogen (secondary N) is 1. The SMILES string of the molecule is CCC(N)NN(CC)CC. The molecule has 62 valence electrons. The van der Waals surface area contributed by atoms with Gasteiger partial charge in [0.05, 0.1) is 6.17 Å². The third kappa shape index (κ3) is 3.82. The third-order valence-corrected chi connectivity index (χ3v) is 1.55. The normalized spacial score (nSPS) is 14.1. The van der Waals surface area contributed by atoms with E-state index in [-0.39, 0.29) is 6.17 Å². The van der Waals surface area contributed by atoms with Gasteiger partial charge in [0.1, 0.15) is 0 Å². The highest BCUT2D eigenvalue weighted by Gasteiger charge is 2.01. The summed E-state index contributed by atoms with van der Waals surface area (Å²) in [7, 11) is 0. The maximum absolute atomic E-state index is 5.67. The van der Waals surface area contributed by atoms with E-state index in [9.17, 15) is 0 Å². The van der Waals surface area contributed by atoms with E-state index in [1.165, 1.54) is 0 Å². The lowest BCUT2D eigenvalue weighted by molar-refractivity contribution is 0.174. The molecule has 0 spiro atoms. The predicted molar refractivity (Wildman–Crippen MR) is 44.3 cm³/mol. The molecule has 10 heavy (non-hydrogen) atoms. The fourth-order valence-electron chi connectivity index (χ4n) is 0.732. The highest BCUT2D eigenvalue weighted by Crippen LogP contribution is 1.84. The molecule has 1 atom stereocenters. The lowest BCUT2D eigenvalue weighted by Crippen LogP contribution is -2.48. The van der Waals surface area contributed by atoms with Crippen molar-refractivity contribution < 1.29 is 0 Å². The lowest BCUT2D eigenvalue weighted by Gasteiger charge is -2.23. The molecule has 0 saturated carbocycles. The van der Waals surface area contributed by atoms with E-state index in [2.05, 4.69) is 31.2 Å². The van der Waals surface area contributed by atoms with Crippen LogP contribution in [0.4, 0.5) is 0 Å². The first kappa shape index (κ1) is 9.88. The van der Waals surface area contributed by atoms with Crippen molar-refractivity contribution in [2.45, 2.75) is 33.4 Å². The second-order valence-corrected chi connectivity index (χ2v) is 2.32. The van der Waals surface area contributed by atoms with Gasteiger partial charge in [-0.05, 0) is 6.42 Å². The average molecular weight is 145 g/mol. The standard InChI is InChI=1S/C7H19N3/c1-4-7(8)9-10(5-2)6-3/h7,9H,4-6,8H2,1-3H3. The number of hydrogen-bond acceptors (Lipinski definition) is 3. The van der Waals surface area contributed by atoms with Crippen molar-refractivity contribution >= 4 is 0 Å². The van der Waals surface area contributed by atoms with E-state index in [0.29, 0.717) is 0 Å². The molecule has 0 aromatic rings. The van der Waals surface area contributed by atoms with Gasteiger partial charge in [0.25, 0.3) is 0 Å². The van der Waals surface area contributed by atoms with Crippen molar-refractivity contribution in [3.05, 3.63) is 0 Å². The molecule has 0 aliphatic heterocycles. The molecule has 0 aromatic carbocycles. The molecule has 3 N–H and O–H groups in total. The molecule has 0 rings (SSSR count). The van der Waals surface area contributed by atoms with Crippen molar-refractivity contribution in [1.82, 2.24) is 10.4 Å². The maximum Gasteiger partial charge on any atom is 0.0678 e. The summed E-state index contributed by atoms with van der Waals surface area (Å²) < 4.78 is 0. The molecule has 0 aromatic heterocycles. The Morgan fingerprint density at radius 3 is 2.10 bits per heavy atom. The highest BCUT2D eigenvalue weighted by atomic mass is 15.5. The first-order chi connectivity index (χ1) is 4.74. The number of hydrazine groups is 1. The Bertz CT molecular complexity index is 71.3. The molecule has 0 bridgehead atoms. The minimum atomic E-state index is 0.111. The van der Waals surface area contributed by atoms with Gasteiger partial charge in [-0.25, -0.2) is 10.4 Å². The van der Waals surface area contributed by atoms with Crippen molar-refractivity contribution in [1.29, 1.82) is 0 Å². The Balaban J connectivity index is 3.41. The van der Waals surface area contributed by atoms with Gasteiger partial charge in [0.2, 0.25) is 0 Å². The highest BCUT2D eigenvalue weighted by molar-refractivity contribution is 4.53. The van der Waals surface area contributed by atoms with Crippen LogP contribution < -0.4 is 11.2 Å². The summed E-state index contributed by atoms with van der Waals surface area (Å²) in [5, 5.41) is 2.11. The number of rotatable bonds is 5. The molecule has 0 fully saturated rings. The molecule has 3 nitrogen and oxygen atoms in total. The van der Waals surface area contributed by atoms with Gasteiger partial charge in [-0.3, -0.25) is 0 Å². The second kappa shape index (κ2) is 5.65. The third-order valence-electron chi connectivity index (χ3n) is 1.55. The summed E-state index contributed by atoms with van der Waals surface area (Å²) in [5.41, 5.74) is 8.85. The van der Waals surface area contributed by atoms with Crippen LogP contribution in [-0.2, 0) is 0 Å². The van der Waals surface area contributed by atoms with Crippen molar-refractivity contribution in [3.8, 4) is 0 Å². The fourth-order valence-corrected chi connectivity index (χ4v) is 0.732. The first-order valence-electron chi connectivity index (χ1n) is 4.01. The molecule has 3 heteroatoms. The maximum atomic E-state index is 5.67. The van der Waals surface area contributed by atoms with Gasteiger partial charge in [0.15, 0.2) is 0 Å². The van der Waals surface area contributed by atoms with Crippen molar-refractivity contribution in [3.63, 3.8) is 0 Å². The molecular formula is C7H19N3. The van der Waals surface area contributed by atoms with Crippen LogP contribution in [0.1, 0.15) is 27.2 Å². The van der Waals surface area contributed by atoms with Crippen LogP contribution in [0.2, 0.25) is 0 Å². The minimum Gasteiger partial charge on any atom is -0.315 e. The molecule has 1 unspecified atom stereocenters. The van der Waals surface area contributed by atoms with Crippen molar-refractivity contribution in [2.24, 2.45) is 5.73 Å². The Morgan fingerprint density at radius 1 is 1.30 bits per heavy atom. The van der Waals surface area contributed by atoms with Crippen LogP contribution in [0.5, 0.6) is 0 Å². The van der Waals surface area contributed by atoms with E-state index < -0.39 is 0 Å². The summed E-state index contributed by atoms with van der Waals surface area (Å²) in [5.74, 6) is 0. The summed E-state index contributed by atoms with van der Waals surface area (Å²) in [6.07, 6.45) is 1.08. The van der Waals surface area contributed by atoms with Gasteiger partial charge in [-0.15, -0.1) is 0 Å². The van der Waals surface area contributed by atoms with E-state index >= 15 is 0 Å². The van der Waals surface area contributed by atoms with E-state index in [4.69, 9.17) is 5.73 Å². The van der Waals surface area contributed by atoms with E-state index in [1.807, 2.05) is 0 Å². The number of nitrogens with zero attached hydrogens (tertiary/aromatic N) is 1. The quantitative estimate of drug-likeness (QED) is 0.438. The molecule has 0 amide bonds. The van der Waals surface area contributed by atoms with Gasteiger partial charge >= 0.3 is 0 Å². The Hall–Kier alpha value is -0.120. The van der Waals surface area contributed by atoms with E-state index in [0.717, 1.165) is 19.5 Å². The first-order valence-corrected chi connectivity index (χ1v) is 4.01. The zero-order valence-electron chi connectivity index (χ0n) is 7.22. The molecule has 0 aliphatic carbocycles. The zero-order valence-corrected chi connectivity index (χ0v) is 7.22. The summed E-state index contributed by atoms with van der Waals surface area (Å²) in [4.78, 5) is 0. The van der Waals surface area contributed by atoms with Crippen LogP contribution in [0.15, 0.2) is 0 Å². The largest absolute Gasteiger partial charge is 0.315 e. The van der Waals surface area contributed by atoms with Crippen LogP contribution in [-0.4, -0.2) is 24.3 Å². The van der Waals surface area contributed by atoms with Crippen LogP contribution in [0.3, 0.4) is 0 Å². The number of hydrogen-bond donors (Lipinski definition) is 2. The summed E-state index contributed by atoms with van der Waals surface area (Å²) >= 11 is 0. The van der Waals surface area contributed by atoms with Gasteiger partial charge < -0.3 is 5.73 Å². The predicted octanol–water partition coefficient (Wildman–Crippen LogP) is 0.528. The second-order valence-electron chi connectivity index (χ2n) is 2.32. The molecule has 0 saturated heterocycles. The fraction of sp³-hybridized carbons (Fsp3) is 1.00. The van der Waals surface area contributed by atoms with Gasteiger partial charge in [0, 0.05) is 13.1 Å². The van der Waals surface area contributed by atoms with Gasteiger partial charge in [-0.1, -0.05) is 20.8 Å².